The van der Waals surface area contributed by atoms with Crippen LogP contribution in [0.25, 0.3) is 11.0 Å². The number of nitrogens with zero attached hydrogens (tertiary/aromatic N) is 3. The van der Waals surface area contributed by atoms with Crippen molar-refractivity contribution in [2.75, 3.05) is 25.6 Å². The number of carbonyl (C=O) groups excluding carboxylic acids is 1. The molecule has 0 aliphatic heterocycles. The molecule has 2 heterocycles. The van der Waals surface area contributed by atoms with E-state index in [2.05, 4.69) is 15.4 Å². The Hall–Kier alpha value is -3.14. The van der Waals surface area contributed by atoms with Crippen molar-refractivity contribution in [2.24, 2.45) is 7.05 Å². The molecule has 0 unspecified atom stereocenters. The zero-order valence-electron chi connectivity index (χ0n) is 16.9. The molecule has 0 saturated carbocycles. The molecule has 0 saturated heterocycles. The monoisotopic (exact) mass is 422 g/mol. The first-order valence-corrected chi connectivity index (χ1v) is 9.07. The van der Waals surface area contributed by atoms with Gasteiger partial charge in [0, 0.05) is 19.9 Å². The average molecular weight is 422 g/mol. The van der Waals surface area contributed by atoms with Crippen LogP contribution in [-0.2, 0) is 18.0 Å². The fraction of sp³-hybridized carbons (Fsp3) is 0.350. The first kappa shape index (κ1) is 21.6. The van der Waals surface area contributed by atoms with Crippen LogP contribution >= 0.6 is 0 Å². The van der Waals surface area contributed by atoms with E-state index in [4.69, 9.17) is 9.47 Å². The molecular weight excluding hydrogens is 401 g/mol. The molecule has 0 aliphatic rings. The third kappa shape index (κ3) is 4.38. The summed E-state index contributed by atoms with van der Waals surface area (Å²) in [6, 6.07) is 4.50. The summed E-state index contributed by atoms with van der Waals surface area (Å²) >= 11 is 0. The van der Waals surface area contributed by atoms with E-state index in [1.54, 1.807) is 31.6 Å². The number of aromatic nitrogens is 3. The summed E-state index contributed by atoms with van der Waals surface area (Å²) in [7, 11) is 3.18. The van der Waals surface area contributed by atoms with Gasteiger partial charge in [0.2, 0.25) is 0 Å². The lowest BCUT2D eigenvalue weighted by Gasteiger charge is -2.16. The summed E-state index contributed by atoms with van der Waals surface area (Å²) in [5, 5.41) is 7.37. The van der Waals surface area contributed by atoms with Gasteiger partial charge in [-0.25, -0.2) is 4.98 Å². The van der Waals surface area contributed by atoms with Crippen LogP contribution in [0.2, 0.25) is 0 Å². The molecule has 0 spiro atoms. The Labute approximate surface area is 170 Å². The summed E-state index contributed by atoms with van der Waals surface area (Å²) < 4.78 is 51.5. The number of nitrogens with one attached hydrogen (secondary N) is 1. The van der Waals surface area contributed by atoms with Crippen LogP contribution in [0.15, 0.2) is 24.3 Å². The molecule has 1 amide bonds. The quantitative estimate of drug-likeness (QED) is 0.610. The summed E-state index contributed by atoms with van der Waals surface area (Å²) in [5.74, 6) is -0.476. The molecule has 0 atom stereocenters. The van der Waals surface area contributed by atoms with E-state index >= 15 is 0 Å². The van der Waals surface area contributed by atoms with Crippen molar-refractivity contribution in [2.45, 2.75) is 20.0 Å². The lowest BCUT2D eigenvalue weighted by atomic mass is 10.1. The van der Waals surface area contributed by atoms with Crippen molar-refractivity contribution in [1.29, 1.82) is 0 Å². The number of fused-ring (bicyclic) bond motifs is 1. The minimum absolute atomic E-state index is 0.0879. The summed E-state index contributed by atoms with van der Waals surface area (Å²) in [5.41, 5.74) is 0.962. The number of anilines is 1. The fourth-order valence-corrected chi connectivity index (χ4v) is 3.10. The standard InChI is InChI=1S/C20H21F3N4O3/c1-11-9-14(17-12(2)26-27(3)18(17)24-11)19(28)25-15-10-13(20(21,22)23)5-6-16(15)30-8-7-29-4/h5-6,9-10H,7-8H2,1-4H3,(H,25,28). The molecule has 160 valence electrons. The minimum Gasteiger partial charge on any atom is -0.489 e. The molecule has 30 heavy (non-hydrogen) atoms. The molecule has 0 fully saturated rings. The molecule has 1 aromatic carbocycles. The van der Waals surface area contributed by atoms with Crippen molar-refractivity contribution in [1.82, 2.24) is 14.8 Å². The second-order valence-corrected chi connectivity index (χ2v) is 6.72. The predicted molar refractivity (Wildman–Crippen MR) is 105 cm³/mol. The van der Waals surface area contributed by atoms with Gasteiger partial charge in [0.15, 0.2) is 5.65 Å². The van der Waals surface area contributed by atoms with E-state index in [0.717, 1.165) is 12.1 Å². The maximum absolute atomic E-state index is 13.2. The van der Waals surface area contributed by atoms with Crippen molar-refractivity contribution < 1.29 is 27.4 Å². The highest BCUT2D eigenvalue weighted by atomic mass is 19.4. The van der Waals surface area contributed by atoms with Crippen molar-refractivity contribution in [3.05, 3.63) is 46.8 Å². The number of halogens is 3. The second kappa shape index (κ2) is 8.31. The first-order chi connectivity index (χ1) is 14.1. The number of hydrogen-bond acceptors (Lipinski definition) is 5. The third-order valence-corrected chi connectivity index (χ3v) is 4.44. The number of hydrogen-bond donors (Lipinski definition) is 1. The molecular formula is C20H21F3N4O3. The van der Waals surface area contributed by atoms with Crippen LogP contribution in [0.4, 0.5) is 18.9 Å². The number of ether oxygens (including phenoxy) is 2. The highest BCUT2D eigenvalue weighted by Gasteiger charge is 2.31. The van der Waals surface area contributed by atoms with Crippen molar-refractivity contribution in [3.63, 3.8) is 0 Å². The first-order valence-electron chi connectivity index (χ1n) is 9.07. The number of carbonyl (C=O) groups is 1. The van der Waals surface area contributed by atoms with E-state index < -0.39 is 17.6 Å². The topological polar surface area (TPSA) is 78.3 Å². The SMILES string of the molecule is COCCOc1ccc(C(F)(F)F)cc1NC(=O)c1cc(C)nc2c1c(C)nn2C. The number of pyridine rings is 1. The Morgan fingerprint density at radius 2 is 1.93 bits per heavy atom. The van der Waals surface area contributed by atoms with Gasteiger partial charge in [-0.3, -0.25) is 9.48 Å². The van der Waals surface area contributed by atoms with Gasteiger partial charge in [-0.15, -0.1) is 0 Å². The molecule has 2 aromatic heterocycles. The van der Waals surface area contributed by atoms with Crippen LogP contribution in [0.1, 0.15) is 27.3 Å². The van der Waals surface area contributed by atoms with E-state index in [0.29, 0.717) is 22.4 Å². The fourth-order valence-electron chi connectivity index (χ4n) is 3.10. The van der Waals surface area contributed by atoms with Crippen LogP contribution in [-0.4, -0.2) is 41.0 Å². The molecule has 7 nitrogen and oxygen atoms in total. The second-order valence-electron chi connectivity index (χ2n) is 6.72. The van der Waals surface area contributed by atoms with E-state index in [9.17, 15) is 18.0 Å². The Morgan fingerprint density at radius 1 is 1.20 bits per heavy atom. The van der Waals surface area contributed by atoms with Gasteiger partial charge in [0.05, 0.1) is 34.5 Å². The summed E-state index contributed by atoms with van der Waals surface area (Å²) in [4.78, 5) is 17.4. The van der Waals surface area contributed by atoms with E-state index in [1.165, 1.54) is 13.2 Å². The van der Waals surface area contributed by atoms with Gasteiger partial charge >= 0.3 is 6.18 Å². The Bertz CT molecular complexity index is 1090. The van der Waals surface area contributed by atoms with E-state index in [-0.39, 0.29) is 30.2 Å². The maximum Gasteiger partial charge on any atom is 0.416 e. The van der Waals surface area contributed by atoms with Crippen LogP contribution in [0.3, 0.4) is 0 Å². The van der Waals surface area contributed by atoms with Gasteiger partial charge in [-0.1, -0.05) is 0 Å². The number of amides is 1. The normalized spacial score (nSPS) is 11.7. The minimum atomic E-state index is -4.56. The third-order valence-electron chi connectivity index (χ3n) is 4.44. The van der Waals surface area contributed by atoms with Gasteiger partial charge in [0.1, 0.15) is 12.4 Å². The van der Waals surface area contributed by atoms with Crippen LogP contribution in [0, 0.1) is 13.8 Å². The Morgan fingerprint density at radius 3 is 2.60 bits per heavy atom. The zero-order valence-corrected chi connectivity index (χ0v) is 16.9. The Balaban J connectivity index is 2.02. The summed E-state index contributed by atoms with van der Waals surface area (Å²) in [6.07, 6.45) is -4.56. The number of benzene rings is 1. The molecule has 10 heteroatoms. The van der Waals surface area contributed by atoms with Crippen molar-refractivity contribution in [3.8, 4) is 5.75 Å². The molecule has 0 radical (unpaired) electrons. The Kier molecular flexibility index (Phi) is 5.97. The highest BCUT2D eigenvalue weighted by Crippen LogP contribution is 2.35. The molecule has 3 aromatic rings. The molecule has 0 bridgehead atoms. The number of rotatable bonds is 6. The number of aryl methyl sites for hydroxylation is 3. The van der Waals surface area contributed by atoms with Gasteiger partial charge in [0.25, 0.3) is 5.91 Å². The highest BCUT2D eigenvalue weighted by molar-refractivity contribution is 6.13. The molecule has 0 aliphatic carbocycles. The van der Waals surface area contributed by atoms with Gasteiger partial charge in [-0.2, -0.15) is 18.3 Å². The number of alkyl halides is 3. The van der Waals surface area contributed by atoms with Crippen molar-refractivity contribution >= 4 is 22.6 Å². The predicted octanol–water partition coefficient (Wildman–Crippen LogP) is 3.88. The van der Waals surface area contributed by atoms with Gasteiger partial charge < -0.3 is 14.8 Å². The molecule has 3 rings (SSSR count). The lowest BCUT2D eigenvalue weighted by molar-refractivity contribution is -0.137. The largest absolute Gasteiger partial charge is 0.489 e. The average Bonchev–Trinajstić information content (AvgIpc) is 2.95. The van der Waals surface area contributed by atoms with Gasteiger partial charge in [-0.05, 0) is 38.1 Å². The van der Waals surface area contributed by atoms with Crippen LogP contribution < -0.4 is 10.1 Å². The lowest BCUT2D eigenvalue weighted by Crippen LogP contribution is -2.16. The maximum atomic E-state index is 13.2. The van der Waals surface area contributed by atoms with E-state index in [1.807, 2.05) is 0 Å². The van der Waals surface area contributed by atoms with Crippen LogP contribution in [0.5, 0.6) is 5.75 Å². The molecule has 1 N–H and O–H groups in total. The number of methoxy groups -OCH3 is 1. The summed E-state index contributed by atoms with van der Waals surface area (Å²) in [6.45, 7) is 3.82. The smallest absolute Gasteiger partial charge is 0.416 e. The zero-order chi connectivity index (χ0) is 22.1.